The van der Waals surface area contributed by atoms with Crippen LogP contribution in [-0.4, -0.2) is 37.4 Å². The van der Waals surface area contributed by atoms with E-state index in [9.17, 15) is 15.0 Å². The molecule has 0 saturated heterocycles. The zero-order valence-electron chi connectivity index (χ0n) is 9.08. The topological polar surface area (TPSA) is 106 Å². The Morgan fingerprint density at radius 2 is 2.12 bits per heavy atom. The molecule has 0 unspecified atom stereocenters. The Balaban J connectivity index is 2.39. The van der Waals surface area contributed by atoms with Gasteiger partial charge in [-0.1, -0.05) is 6.07 Å². The van der Waals surface area contributed by atoms with Crippen molar-refractivity contribution in [2.45, 2.75) is 19.1 Å². The maximum atomic E-state index is 10.5. The summed E-state index contributed by atoms with van der Waals surface area (Å²) in [5, 5.41) is 27.4. The number of carboxylic acids is 1. The minimum atomic E-state index is -1.89. The fraction of sp³-hybridized carbons (Fsp3) is 0.273. The number of aliphatic hydroxyl groups excluding tert-OH is 2. The summed E-state index contributed by atoms with van der Waals surface area (Å²) >= 11 is 0. The second-order valence-corrected chi connectivity index (χ2v) is 3.87. The molecular weight excluding hydrogens is 224 g/mol. The monoisotopic (exact) mass is 236 g/mol. The smallest absolute Gasteiger partial charge is 0.335 e. The molecule has 0 aliphatic heterocycles. The molecule has 2 aromatic rings. The summed E-state index contributed by atoms with van der Waals surface area (Å²) in [6.07, 6.45) is -3.46. The number of aliphatic hydroxyl groups is 2. The van der Waals surface area contributed by atoms with Crippen LogP contribution in [0.25, 0.3) is 11.0 Å². The first-order valence-corrected chi connectivity index (χ1v) is 5.04. The van der Waals surface area contributed by atoms with Crippen LogP contribution in [0.5, 0.6) is 0 Å². The average Bonchev–Trinajstić information content (AvgIpc) is 2.69. The van der Waals surface area contributed by atoms with Crippen molar-refractivity contribution >= 4 is 17.0 Å². The summed E-state index contributed by atoms with van der Waals surface area (Å²) in [5.74, 6) is -1.45. The molecule has 2 atom stereocenters. The molecule has 0 amide bonds. The van der Waals surface area contributed by atoms with Crippen molar-refractivity contribution in [2.75, 3.05) is 0 Å². The van der Waals surface area contributed by atoms with E-state index in [0.717, 1.165) is 5.56 Å². The SMILES string of the molecule is Cc1ccc2nc([C@H](O)[C@H](O)C(=O)O)[nH]c2c1. The zero-order valence-corrected chi connectivity index (χ0v) is 9.08. The summed E-state index contributed by atoms with van der Waals surface area (Å²) in [7, 11) is 0. The van der Waals surface area contributed by atoms with Crippen molar-refractivity contribution in [1.29, 1.82) is 0 Å². The second-order valence-electron chi connectivity index (χ2n) is 3.87. The van der Waals surface area contributed by atoms with Crippen LogP contribution in [0, 0.1) is 6.92 Å². The lowest BCUT2D eigenvalue weighted by Crippen LogP contribution is -2.28. The van der Waals surface area contributed by atoms with Gasteiger partial charge in [-0.05, 0) is 24.6 Å². The first-order valence-electron chi connectivity index (χ1n) is 5.04. The number of carboxylic acid groups (broad SMARTS) is 1. The molecular formula is C11H12N2O4. The molecule has 6 heteroatoms. The van der Waals surface area contributed by atoms with Crippen molar-refractivity contribution in [2.24, 2.45) is 0 Å². The Hall–Kier alpha value is -1.92. The van der Waals surface area contributed by atoms with Gasteiger partial charge < -0.3 is 20.3 Å². The summed E-state index contributed by atoms with van der Waals surface area (Å²) in [4.78, 5) is 17.3. The van der Waals surface area contributed by atoms with Gasteiger partial charge in [0, 0.05) is 0 Å². The van der Waals surface area contributed by atoms with E-state index in [-0.39, 0.29) is 5.82 Å². The van der Waals surface area contributed by atoms with Crippen LogP contribution in [-0.2, 0) is 4.79 Å². The molecule has 0 fully saturated rings. The van der Waals surface area contributed by atoms with Crippen LogP contribution in [0.1, 0.15) is 17.5 Å². The Labute approximate surface area is 96.5 Å². The van der Waals surface area contributed by atoms with Gasteiger partial charge in [0.1, 0.15) is 11.9 Å². The van der Waals surface area contributed by atoms with Gasteiger partial charge in [0.25, 0.3) is 0 Å². The van der Waals surface area contributed by atoms with Crippen LogP contribution in [0.2, 0.25) is 0 Å². The highest BCUT2D eigenvalue weighted by molar-refractivity contribution is 5.77. The largest absolute Gasteiger partial charge is 0.479 e. The Bertz CT molecular complexity index is 564. The van der Waals surface area contributed by atoms with Crippen LogP contribution < -0.4 is 0 Å². The van der Waals surface area contributed by atoms with Gasteiger partial charge in [-0.15, -0.1) is 0 Å². The Kier molecular flexibility index (Phi) is 2.83. The van der Waals surface area contributed by atoms with Crippen LogP contribution >= 0.6 is 0 Å². The number of aromatic amines is 1. The number of rotatable bonds is 3. The molecule has 0 saturated carbocycles. The third kappa shape index (κ3) is 2.13. The molecule has 0 bridgehead atoms. The van der Waals surface area contributed by atoms with Crippen molar-refractivity contribution in [1.82, 2.24) is 9.97 Å². The highest BCUT2D eigenvalue weighted by atomic mass is 16.4. The van der Waals surface area contributed by atoms with Gasteiger partial charge in [0.2, 0.25) is 0 Å². The molecule has 1 aromatic carbocycles. The third-order valence-electron chi connectivity index (χ3n) is 2.49. The number of fused-ring (bicyclic) bond motifs is 1. The first kappa shape index (κ1) is 11.6. The molecule has 1 heterocycles. The number of nitrogens with one attached hydrogen (secondary N) is 1. The van der Waals surface area contributed by atoms with E-state index >= 15 is 0 Å². The van der Waals surface area contributed by atoms with Crippen molar-refractivity contribution in [3.05, 3.63) is 29.6 Å². The maximum absolute atomic E-state index is 10.5. The van der Waals surface area contributed by atoms with Gasteiger partial charge in [0.05, 0.1) is 11.0 Å². The molecule has 90 valence electrons. The highest BCUT2D eigenvalue weighted by Gasteiger charge is 2.27. The van der Waals surface area contributed by atoms with E-state index in [4.69, 9.17) is 5.11 Å². The molecule has 6 nitrogen and oxygen atoms in total. The standard InChI is InChI=1S/C11H12N2O4/c1-5-2-3-6-7(4-5)13-10(12-6)8(14)9(15)11(16)17/h2-4,8-9,14-15H,1H3,(H,12,13)(H,16,17)/t8-,9+/m1/s1. The minimum Gasteiger partial charge on any atom is -0.479 e. The normalized spacial score (nSPS) is 14.8. The van der Waals surface area contributed by atoms with Gasteiger partial charge >= 0.3 is 5.97 Å². The first-order chi connectivity index (χ1) is 7.99. The molecule has 0 radical (unpaired) electrons. The number of aryl methyl sites for hydroxylation is 1. The van der Waals surface area contributed by atoms with E-state index in [1.807, 2.05) is 19.1 Å². The minimum absolute atomic E-state index is 0.0421. The number of carbonyl (C=O) groups is 1. The number of H-pyrrole nitrogens is 1. The van der Waals surface area contributed by atoms with Gasteiger partial charge in [-0.2, -0.15) is 0 Å². The van der Waals surface area contributed by atoms with E-state index < -0.39 is 18.2 Å². The lowest BCUT2D eigenvalue weighted by molar-refractivity contribution is -0.153. The number of aromatic nitrogens is 2. The highest BCUT2D eigenvalue weighted by Crippen LogP contribution is 2.19. The number of aliphatic carboxylic acids is 1. The molecule has 1 aromatic heterocycles. The molecule has 17 heavy (non-hydrogen) atoms. The Morgan fingerprint density at radius 3 is 2.76 bits per heavy atom. The molecule has 0 aliphatic carbocycles. The van der Waals surface area contributed by atoms with Gasteiger partial charge in [-0.25, -0.2) is 9.78 Å². The average molecular weight is 236 g/mol. The number of nitrogens with zero attached hydrogens (tertiary/aromatic N) is 1. The van der Waals surface area contributed by atoms with Gasteiger partial charge in [-0.3, -0.25) is 0 Å². The molecule has 0 spiro atoms. The fourth-order valence-corrected chi connectivity index (χ4v) is 1.57. The second kappa shape index (κ2) is 4.15. The number of hydrogen-bond donors (Lipinski definition) is 4. The predicted octanol–water partition coefficient (Wildman–Crippen LogP) is 0.350. The number of imidazole rings is 1. The van der Waals surface area contributed by atoms with E-state index in [1.54, 1.807) is 6.07 Å². The van der Waals surface area contributed by atoms with Crippen molar-refractivity contribution in [3.8, 4) is 0 Å². The van der Waals surface area contributed by atoms with E-state index in [1.165, 1.54) is 0 Å². The number of hydrogen-bond acceptors (Lipinski definition) is 4. The van der Waals surface area contributed by atoms with Crippen LogP contribution in [0.4, 0.5) is 0 Å². The lowest BCUT2D eigenvalue weighted by atomic mass is 10.2. The van der Waals surface area contributed by atoms with Crippen LogP contribution in [0.3, 0.4) is 0 Å². The zero-order chi connectivity index (χ0) is 12.6. The van der Waals surface area contributed by atoms with Crippen LogP contribution in [0.15, 0.2) is 18.2 Å². The fourth-order valence-electron chi connectivity index (χ4n) is 1.57. The molecule has 2 rings (SSSR count). The summed E-state index contributed by atoms with van der Waals surface area (Å²) < 4.78 is 0. The van der Waals surface area contributed by atoms with Crippen molar-refractivity contribution in [3.63, 3.8) is 0 Å². The summed E-state index contributed by atoms with van der Waals surface area (Å²) in [6, 6.07) is 5.43. The maximum Gasteiger partial charge on any atom is 0.335 e. The van der Waals surface area contributed by atoms with Gasteiger partial charge in [0.15, 0.2) is 6.10 Å². The lowest BCUT2D eigenvalue weighted by Gasteiger charge is -2.10. The number of benzene rings is 1. The molecule has 4 N–H and O–H groups in total. The summed E-state index contributed by atoms with van der Waals surface area (Å²) in [6.45, 7) is 1.91. The van der Waals surface area contributed by atoms with Crippen molar-refractivity contribution < 1.29 is 20.1 Å². The Morgan fingerprint density at radius 1 is 1.41 bits per heavy atom. The van der Waals surface area contributed by atoms with E-state index in [0.29, 0.717) is 11.0 Å². The molecule has 0 aliphatic rings. The quantitative estimate of drug-likeness (QED) is 0.615. The third-order valence-corrected chi connectivity index (χ3v) is 2.49. The predicted molar refractivity (Wildman–Crippen MR) is 59.4 cm³/mol. The van der Waals surface area contributed by atoms with E-state index in [2.05, 4.69) is 9.97 Å². The summed E-state index contributed by atoms with van der Waals surface area (Å²) in [5.41, 5.74) is 2.32.